The van der Waals surface area contributed by atoms with Gasteiger partial charge in [0, 0.05) is 25.2 Å². The molecular formula is C18H25N3O3. The lowest BCUT2D eigenvalue weighted by Crippen LogP contribution is -2.46. The maximum atomic E-state index is 12.3. The maximum Gasteiger partial charge on any atom is 0.410 e. The number of nitrogens with zero attached hydrogens (tertiary/aromatic N) is 3. The number of amides is 1. The fourth-order valence-electron chi connectivity index (χ4n) is 2.94. The van der Waals surface area contributed by atoms with Crippen molar-refractivity contribution in [2.45, 2.75) is 45.3 Å². The van der Waals surface area contributed by atoms with Crippen LogP contribution in [0.25, 0.3) is 10.9 Å². The lowest BCUT2D eigenvalue weighted by atomic mass is 10.1. The van der Waals surface area contributed by atoms with Crippen LogP contribution in [0.15, 0.2) is 24.4 Å². The van der Waals surface area contributed by atoms with Gasteiger partial charge in [-0.15, -0.1) is 0 Å². The third kappa shape index (κ3) is 3.80. The molecule has 6 nitrogen and oxygen atoms in total. The van der Waals surface area contributed by atoms with Gasteiger partial charge in [-0.3, -0.25) is 4.68 Å². The van der Waals surface area contributed by atoms with E-state index in [-0.39, 0.29) is 12.2 Å². The Hall–Kier alpha value is -2.24. The third-order valence-corrected chi connectivity index (χ3v) is 3.94. The van der Waals surface area contributed by atoms with E-state index in [2.05, 4.69) is 5.10 Å². The van der Waals surface area contributed by atoms with Crippen LogP contribution >= 0.6 is 0 Å². The van der Waals surface area contributed by atoms with Crippen LogP contribution in [0.3, 0.4) is 0 Å². The van der Waals surface area contributed by atoms with Crippen LogP contribution in [0, 0.1) is 0 Å². The number of carbonyl (C=O) groups excluding carboxylic acids is 1. The zero-order chi connectivity index (χ0) is 17.3. The topological polar surface area (TPSA) is 56.6 Å². The van der Waals surface area contributed by atoms with Gasteiger partial charge in [0.1, 0.15) is 23.0 Å². The van der Waals surface area contributed by atoms with Crippen LogP contribution in [-0.2, 0) is 11.8 Å². The Labute approximate surface area is 142 Å². The number of aromatic nitrogens is 2. The number of fused-ring (bicyclic) bond motifs is 1. The van der Waals surface area contributed by atoms with Crippen molar-refractivity contribution in [3.05, 3.63) is 24.4 Å². The number of hydrogen-bond donors (Lipinski definition) is 0. The van der Waals surface area contributed by atoms with E-state index in [1.807, 2.05) is 52.2 Å². The van der Waals surface area contributed by atoms with E-state index in [4.69, 9.17) is 9.47 Å². The van der Waals surface area contributed by atoms with Gasteiger partial charge in [0.2, 0.25) is 0 Å². The molecular weight excluding hydrogens is 306 g/mol. The number of hydrogen-bond acceptors (Lipinski definition) is 4. The highest BCUT2D eigenvalue weighted by Gasteiger charge is 2.28. The summed E-state index contributed by atoms with van der Waals surface area (Å²) in [4.78, 5) is 14.0. The van der Waals surface area contributed by atoms with E-state index in [9.17, 15) is 4.79 Å². The summed E-state index contributed by atoms with van der Waals surface area (Å²) in [6, 6.07) is 5.92. The van der Waals surface area contributed by atoms with Gasteiger partial charge >= 0.3 is 6.09 Å². The van der Waals surface area contributed by atoms with Gasteiger partial charge in [-0.1, -0.05) is 12.1 Å². The predicted octanol–water partition coefficient (Wildman–Crippen LogP) is 3.35. The summed E-state index contributed by atoms with van der Waals surface area (Å²) in [5.74, 6) is 0.768. The Balaban J connectivity index is 1.70. The van der Waals surface area contributed by atoms with Gasteiger partial charge in [0.15, 0.2) is 0 Å². The Kier molecular flexibility index (Phi) is 4.39. The van der Waals surface area contributed by atoms with E-state index >= 15 is 0 Å². The van der Waals surface area contributed by atoms with Crippen molar-refractivity contribution in [2.24, 2.45) is 7.05 Å². The van der Waals surface area contributed by atoms with Crippen molar-refractivity contribution in [3.63, 3.8) is 0 Å². The molecule has 1 aromatic heterocycles. The molecule has 6 heteroatoms. The quantitative estimate of drug-likeness (QED) is 0.847. The average Bonchev–Trinajstić information content (AvgIpc) is 2.87. The number of likely N-dealkylation sites (tertiary alicyclic amines) is 1. The lowest BCUT2D eigenvalue weighted by Gasteiger charge is -2.34. The van der Waals surface area contributed by atoms with Crippen molar-refractivity contribution in [1.82, 2.24) is 14.7 Å². The second kappa shape index (κ2) is 6.34. The SMILES string of the molecule is Cn1cc2cccc(OC3CCCN(C(=O)OC(C)(C)C)C3)c2n1. The van der Waals surface area contributed by atoms with Crippen LogP contribution in [0.2, 0.25) is 0 Å². The first-order valence-electron chi connectivity index (χ1n) is 8.39. The molecule has 1 amide bonds. The molecule has 2 aromatic rings. The second-order valence-corrected chi connectivity index (χ2v) is 7.31. The van der Waals surface area contributed by atoms with Crippen LogP contribution < -0.4 is 4.74 Å². The van der Waals surface area contributed by atoms with Gasteiger partial charge < -0.3 is 14.4 Å². The van der Waals surface area contributed by atoms with Crippen molar-refractivity contribution >= 4 is 17.0 Å². The molecule has 0 bridgehead atoms. The van der Waals surface area contributed by atoms with Gasteiger partial charge in [0.05, 0.1) is 6.54 Å². The molecule has 1 aromatic carbocycles. The Bertz CT molecular complexity index is 733. The van der Waals surface area contributed by atoms with Gasteiger partial charge in [0.25, 0.3) is 0 Å². The normalized spacial score (nSPS) is 18.7. The first kappa shape index (κ1) is 16.6. The summed E-state index contributed by atoms with van der Waals surface area (Å²) in [6.45, 7) is 6.89. The number of benzene rings is 1. The van der Waals surface area contributed by atoms with Crippen LogP contribution in [0.4, 0.5) is 4.79 Å². The van der Waals surface area contributed by atoms with Gasteiger partial charge in [-0.2, -0.15) is 5.10 Å². The van der Waals surface area contributed by atoms with Crippen LogP contribution in [0.1, 0.15) is 33.6 Å². The van der Waals surface area contributed by atoms with E-state index in [1.54, 1.807) is 9.58 Å². The van der Waals surface area contributed by atoms with E-state index in [0.29, 0.717) is 13.1 Å². The van der Waals surface area contributed by atoms with Crippen molar-refractivity contribution in [2.75, 3.05) is 13.1 Å². The molecule has 0 saturated carbocycles. The molecule has 1 saturated heterocycles. The molecule has 1 aliphatic heterocycles. The Morgan fingerprint density at radius 1 is 1.33 bits per heavy atom. The maximum absolute atomic E-state index is 12.3. The molecule has 0 N–H and O–H groups in total. The molecule has 130 valence electrons. The first-order valence-corrected chi connectivity index (χ1v) is 8.39. The number of ether oxygens (including phenoxy) is 2. The predicted molar refractivity (Wildman–Crippen MR) is 92.2 cm³/mol. The molecule has 1 unspecified atom stereocenters. The summed E-state index contributed by atoms with van der Waals surface area (Å²) < 4.78 is 13.4. The van der Waals surface area contributed by atoms with Crippen molar-refractivity contribution in [3.8, 4) is 5.75 Å². The Morgan fingerprint density at radius 2 is 2.12 bits per heavy atom. The van der Waals surface area contributed by atoms with E-state index < -0.39 is 5.60 Å². The van der Waals surface area contributed by atoms with E-state index in [1.165, 1.54) is 0 Å². The summed E-state index contributed by atoms with van der Waals surface area (Å²) in [7, 11) is 1.90. The summed E-state index contributed by atoms with van der Waals surface area (Å²) in [5.41, 5.74) is 0.374. The zero-order valence-electron chi connectivity index (χ0n) is 14.8. The standard InChI is InChI=1S/C18H25N3O3/c1-18(2,3)24-17(22)21-10-6-8-14(12-21)23-15-9-5-7-13-11-20(4)19-16(13)15/h5,7,9,11,14H,6,8,10,12H2,1-4H3. The van der Waals surface area contributed by atoms with Crippen molar-refractivity contribution in [1.29, 1.82) is 0 Å². The monoisotopic (exact) mass is 331 g/mol. The number of rotatable bonds is 2. The molecule has 0 radical (unpaired) electrons. The highest BCUT2D eigenvalue weighted by molar-refractivity contribution is 5.84. The third-order valence-electron chi connectivity index (χ3n) is 3.94. The molecule has 0 aliphatic carbocycles. The summed E-state index contributed by atoms with van der Waals surface area (Å²) >= 11 is 0. The molecule has 1 atom stereocenters. The minimum atomic E-state index is -0.482. The minimum Gasteiger partial charge on any atom is -0.486 e. The molecule has 0 spiro atoms. The average molecular weight is 331 g/mol. The minimum absolute atomic E-state index is 0.0427. The summed E-state index contributed by atoms with van der Waals surface area (Å²) in [6.07, 6.45) is 3.48. The van der Waals surface area contributed by atoms with Gasteiger partial charge in [-0.25, -0.2) is 4.79 Å². The van der Waals surface area contributed by atoms with Crippen LogP contribution in [0.5, 0.6) is 5.75 Å². The summed E-state index contributed by atoms with van der Waals surface area (Å²) in [5, 5.41) is 5.52. The lowest BCUT2D eigenvalue weighted by molar-refractivity contribution is 0.00792. The second-order valence-electron chi connectivity index (χ2n) is 7.31. The molecule has 1 aliphatic rings. The zero-order valence-corrected chi connectivity index (χ0v) is 14.8. The highest BCUT2D eigenvalue weighted by Crippen LogP contribution is 2.27. The fraction of sp³-hybridized carbons (Fsp3) is 0.556. The highest BCUT2D eigenvalue weighted by atomic mass is 16.6. The van der Waals surface area contributed by atoms with Crippen molar-refractivity contribution < 1.29 is 14.3 Å². The van der Waals surface area contributed by atoms with Crippen LogP contribution in [-0.4, -0.2) is 45.6 Å². The molecule has 3 rings (SSSR count). The number of carbonyl (C=O) groups is 1. The molecule has 1 fully saturated rings. The molecule has 24 heavy (non-hydrogen) atoms. The first-order chi connectivity index (χ1) is 11.3. The smallest absolute Gasteiger partial charge is 0.410 e. The Morgan fingerprint density at radius 3 is 2.88 bits per heavy atom. The fourth-order valence-corrected chi connectivity index (χ4v) is 2.94. The van der Waals surface area contributed by atoms with E-state index in [0.717, 1.165) is 29.5 Å². The largest absolute Gasteiger partial charge is 0.486 e. The number of piperidine rings is 1. The number of aryl methyl sites for hydroxylation is 1. The molecule has 2 heterocycles. The van der Waals surface area contributed by atoms with Gasteiger partial charge in [-0.05, 0) is 39.7 Å².